The lowest BCUT2D eigenvalue weighted by Crippen LogP contribution is -1.96. The maximum absolute atomic E-state index is 10.6. The van der Waals surface area contributed by atoms with Crippen molar-refractivity contribution in [2.45, 2.75) is 13.3 Å². The molecule has 7 heteroatoms. The molecule has 0 N–H and O–H groups in total. The lowest BCUT2D eigenvalue weighted by molar-refractivity contribution is -0.384. The standard InChI is InChI=1S/C12H10N4O2S/c1-8-13-12-15(14-8)11(7-19-12)6-9-2-4-10(5-3-9)16(17)18/h2-5,7H,6H2,1H3. The van der Waals surface area contributed by atoms with Crippen LogP contribution in [0.5, 0.6) is 0 Å². The van der Waals surface area contributed by atoms with E-state index in [1.807, 2.05) is 16.8 Å². The van der Waals surface area contributed by atoms with E-state index < -0.39 is 4.92 Å². The number of nitrogens with zero attached hydrogens (tertiary/aromatic N) is 4. The Kier molecular flexibility index (Phi) is 2.75. The van der Waals surface area contributed by atoms with E-state index in [-0.39, 0.29) is 5.69 Å². The Morgan fingerprint density at radius 3 is 2.79 bits per heavy atom. The molecule has 0 amide bonds. The van der Waals surface area contributed by atoms with E-state index in [0.29, 0.717) is 6.42 Å². The Hall–Kier alpha value is -2.28. The largest absolute Gasteiger partial charge is 0.269 e. The highest BCUT2D eigenvalue weighted by molar-refractivity contribution is 7.15. The summed E-state index contributed by atoms with van der Waals surface area (Å²) in [5, 5.41) is 16.9. The first kappa shape index (κ1) is 11.8. The zero-order valence-corrected chi connectivity index (χ0v) is 10.9. The topological polar surface area (TPSA) is 73.3 Å². The second kappa shape index (κ2) is 4.43. The number of fused-ring (bicyclic) bond motifs is 1. The number of hydrogen-bond acceptors (Lipinski definition) is 5. The molecule has 0 fully saturated rings. The summed E-state index contributed by atoms with van der Waals surface area (Å²) in [6.45, 7) is 1.86. The molecule has 0 radical (unpaired) electrons. The van der Waals surface area contributed by atoms with Crippen molar-refractivity contribution >= 4 is 22.0 Å². The maximum Gasteiger partial charge on any atom is 0.269 e. The van der Waals surface area contributed by atoms with Gasteiger partial charge in [-0.05, 0) is 12.5 Å². The van der Waals surface area contributed by atoms with E-state index in [1.165, 1.54) is 12.1 Å². The van der Waals surface area contributed by atoms with Crippen molar-refractivity contribution in [2.75, 3.05) is 0 Å². The quantitative estimate of drug-likeness (QED) is 0.543. The average Bonchev–Trinajstić information content (AvgIpc) is 2.91. The number of benzene rings is 1. The second-order valence-corrected chi connectivity index (χ2v) is 5.02. The van der Waals surface area contributed by atoms with Crippen LogP contribution in [-0.2, 0) is 6.42 Å². The predicted molar refractivity (Wildman–Crippen MR) is 71.5 cm³/mol. The molecular formula is C12H10N4O2S. The van der Waals surface area contributed by atoms with Gasteiger partial charge in [0.05, 0.1) is 10.6 Å². The molecule has 0 aliphatic rings. The van der Waals surface area contributed by atoms with E-state index in [2.05, 4.69) is 10.1 Å². The molecule has 6 nitrogen and oxygen atoms in total. The summed E-state index contributed by atoms with van der Waals surface area (Å²) >= 11 is 1.54. The zero-order valence-electron chi connectivity index (χ0n) is 10.1. The summed E-state index contributed by atoms with van der Waals surface area (Å²) in [7, 11) is 0. The number of aromatic nitrogens is 3. The van der Waals surface area contributed by atoms with Crippen LogP contribution >= 0.6 is 11.3 Å². The van der Waals surface area contributed by atoms with Gasteiger partial charge in [0.15, 0.2) is 0 Å². The van der Waals surface area contributed by atoms with Crippen LogP contribution in [0.1, 0.15) is 17.1 Å². The SMILES string of the molecule is Cc1nc2scc(Cc3ccc([N+](=O)[O-])cc3)n2n1. The fourth-order valence-corrected chi connectivity index (χ4v) is 2.76. The van der Waals surface area contributed by atoms with Gasteiger partial charge in [-0.15, -0.1) is 11.3 Å². The number of aryl methyl sites for hydroxylation is 1. The van der Waals surface area contributed by atoms with E-state index in [9.17, 15) is 10.1 Å². The minimum atomic E-state index is -0.395. The number of rotatable bonds is 3. The van der Waals surface area contributed by atoms with Crippen LogP contribution in [0.3, 0.4) is 0 Å². The summed E-state index contributed by atoms with van der Waals surface area (Å²) < 4.78 is 1.82. The molecule has 0 aliphatic heterocycles. The number of thiazole rings is 1. The zero-order chi connectivity index (χ0) is 13.4. The van der Waals surface area contributed by atoms with Gasteiger partial charge in [0.25, 0.3) is 5.69 Å². The van der Waals surface area contributed by atoms with Gasteiger partial charge < -0.3 is 0 Å². The minimum Gasteiger partial charge on any atom is -0.258 e. The Morgan fingerprint density at radius 1 is 1.37 bits per heavy atom. The molecule has 2 heterocycles. The van der Waals surface area contributed by atoms with Crippen LogP contribution in [0.25, 0.3) is 4.96 Å². The molecule has 0 bridgehead atoms. The predicted octanol–water partition coefficient (Wildman–Crippen LogP) is 2.60. The monoisotopic (exact) mass is 274 g/mol. The first-order valence-electron chi connectivity index (χ1n) is 5.66. The van der Waals surface area contributed by atoms with Crippen LogP contribution < -0.4 is 0 Å². The van der Waals surface area contributed by atoms with Crippen molar-refractivity contribution < 1.29 is 4.92 Å². The van der Waals surface area contributed by atoms with Crippen molar-refractivity contribution in [3.8, 4) is 0 Å². The van der Waals surface area contributed by atoms with Gasteiger partial charge in [-0.3, -0.25) is 10.1 Å². The molecule has 3 aromatic rings. The van der Waals surface area contributed by atoms with Gasteiger partial charge in [0.2, 0.25) is 4.96 Å². The summed E-state index contributed by atoms with van der Waals surface area (Å²) in [4.78, 5) is 15.4. The fourth-order valence-electron chi connectivity index (χ4n) is 1.89. The van der Waals surface area contributed by atoms with E-state index in [0.717, 1.165) is 22.0 Å². The van der Waals surface area contributed by atoms with Crippen LogP contribution in [0.15, 0.2) is 29.6 Å². The second-order valence-electron chi connectivity index (χ2n) is 4.18. The average molecular weight is 274 g/mol. The molecule has 0 saturated carbocycles. The number of non-ortho nitro benzene ring substituents is 1. The van der Waals surface area contributed by atoms with Crippen LogP contribution in [-0.4, -0.2) is 19.5 Å². The Balaban J connectivity index is 1.90. The van der Waals surface area contributed by atoms with Crippen LogP contribution in [0, 0.1) is 17.0 Å². The summed E-state index contributed by atoms with van der Waals surface area (Å²) in [6, 6.07) is 6.58. The normalized spacial score (nSPS) is 11.0. The molecule has 19 heavy (non-hydrogen) atoms. The van der Waals surface area contributed by atoms with Gasteiger partial charge >= 0.3 is 0 Å². The summed E-state index contributed by atoms with van der Waals surface area (Å²) in [5.41, 5.74) is 2.16. The van der Waals surface area contributed by atoms with Gasteiger partial charge in [0, 0.05) is 23.9 Å². The Labute approximate surface area is 112 Å². The lowest BCUT2D eigenvalue weighted by Gasteiger charge is -1.99. The number of hydrogen-bond donors (Lipinski definition) is 0. The van der Waals surface area contributed by atoms with Gasteiger partial charge in [-0.1, -0.05) is 12.1 Å². The fraction of sp³-hybridized carbons (Fsp3) is 0.167. The molecule has 0 saturated heterocycles. The molecular weight excluding hydrogens is 264 g/mol. The molecule has 2 aromatic heterocycles. The third-order valence-electron chi connectivity index (χ3n) is 2.79. The van der Waals surface area contributed by atoms with Crippen molar-refractivity contribution in [1.82, 2.24) is 14.6 Å². The van der Waals surface area contributed by atoms with Gasteiger partial charge in [-0.25, -0.2) is 9.50 Å². The first-order chi connectivity index (χ1) is 9.13. The maximum atomic E-state index is 10.6. The molecule has 96 valence electrons. The summed E-state index contributed by atoms with van der Waals surface area (Å²) in [5.74, 6) is 0.747. The van der Waals surface area contributed by atoms with Crippen LogP contribution in [0.2, 0.25) is 0 Å². The number of nitro benzene ring substituents is 1. The van der Waals surface area contributed by atoms with E-state index in [4.69, 9.17) is 0 Å². The highest BCUT2D eigenvalue weighted by Crippen LogP contribution is 2.19. The minimum absolute atomic E-state index is 0.107. The smallest absolute Gasteiger partial charge is 0.258 e. The molecule has 0 unspecified atom stereocenters. The third-order valence-corrected chi connectivity index (χ3v) is 3.65. The highest BCUT2D eigenvalue weighted by atomic mass is 32.1. The number of nitro groups is 1. The summed E-state index contributed by atoms with van der Waals surface area (Å²) in [6.07, 6.45) is 0.681. The molecule has 0 spiro atoms. The van der Waals surface area contributed by atoms with Crippen molar-refractivity contribution in [1.29, 1.82) is 0 Å². The van der Waals surface area contributed by atoms with Crippen molar-refractivity contribution in [3.63, 3.8) is 0 Å². The molecule has 0 aliphatic carbocycles. The first-order valence-corrected chi connectivity index (χ1v) is 6.54. The van der Waals surface area contributed by atoms with E-state index in [1.54, 1.807) is 23.5 Å². The van der Waals surface area contributed by atoms with Crippen molar-refractivity contribution in [2.24, 2.45) is 0 Å². The van der Waals surface area contributed by atoms with Gasteiger partial charge in [-0.2, -0.15) is 5.10 Å². The lowest BCUT2D eigenvalue weighted by atomic mass is 10.1. The Morgan fingerprint density at radius 2 is 2.11 bits per heavy atom. The highest BCUT2D eigenvalue weighted by Gasteiger charge is 2.09. The molecule has 1 aromatic carbocycles. The third kappa shape index (κ3) is 2.19. The van der Waals surface area contributed by atoms with Crippen molar-refractivity contribution in [3.05, 3.63) is 56.8 Å². The van der Waals surface area contributed by atoms with E-state index >= 15 is 0 Å². The molecule has 0 atom stereocenters. The van der Waals surface area contributed by atoms with Crippen LogP contribution in [0.4, 0.5) is 5.69 Å². The van der Waals surface area contributed by atoms with Gasteiger partial charge in [0.1, 0.15) is 5.82 Å². The molecule has 3 rings (SSSR count). The Bertz CT molecular complexity index is 745.